The van der Waals surface area contributed by atoms with E-state index >= 15 is 0 Å². The van der Waals surface area contributed by atoms with Gasteiger partial charge < -0.3 is 4.72 Å². The van der Waals surface area contributed by atoms with Gasteiger partial charge in [-0.05, 0) is 54.6 Å². The maximum atomic E-state index is 14.7. The molecule has 0 aliphatic carbocycles. The first-order valence-electron chi connectivity index (χ1n) is 9.17. The van der Waals surface area contributed by atoms with Gasteiger partial charge in [-0.15, -0.1) is 0 Å². The average molecular weight is 435 g/mol. The minimum absolute atomic E-state index is 0.283. The van der Waals surface area contributed by atoms with Crippen LogP contribution in [0.4, 0.5) is 9.52 Å². The standard InChI is InChI=1S/C20H20ClFN4S2/c21-16-11-19(27-25-20-23-13-24-28-20)17(22)10-15(16)12-26-9-5-4-8-18(26)14-6-2-1-3-7-14/h1-3,6-7,10-11,13,18H,4-5,8-9,12H2,(H,23,24,25). The Morgan fingerprint density at radius 2 is 2.11 bits per heavy atom. The lowest BCUT2D eigenvalue weighted by molar-refractivity contribution is 0.140. The van der Waals surface area contributed by atoms with E-state index in [-0.39, 0.29) is 5.82 Å². The molecule has 4 rings (SSSR count). The van der Waals surface area contributed by atoms with Crippen LogP contribution in [0.1, 0.15) is 36.4 Å². The van der Waals surface area contributed by atoms with E-state index < -0.39 is 0 Å². The number of nitrogens with zero attached hydrogens (tertiary/aromatic N) is 3. The summed E-state index contributed by atoms with van der Waals surface area (Å²) >= 11 is 8.89. The molecule has 2 heterocycles. The molecule has 0 amide bonds. The van der Waals surface area contributed by atoms with Gasteiger partial charge in [0, 0.05) is 29.1 Å². The molecule has 1 aliphatic rings. The maximum Gasteiger partial charge on any atom is 0.212 e. The molecule has 1 aromatic heterocycles. The van der Waals surface area contributed by atoms with Crippen LogP contribution in [-0.2, 0) is 6.54 Å². The maximum absolute atomic E-state index is 14.7. The van der Waals surface area contributed by atoms with Crippen LogP contribution in [-0.4, -0.2) is 20.8 Å². The number of halogens is 2. The van der Waals surface area contributed by atoms with E-state index in [1.165, 1.54) is 29.8 Å². The summed E-state index contributed by atoms with van der Waals surface area (Å²) in [6.07, 6.45) is 4.94. The molecule has 1 N–H and O–H groups in total. The van der Waals surface area contributed by atoms with E-state index in [0.717, 1.165) is 36.9 Å². The van der Waals surface area contributed by atoms with Crippen LogP contribution in [0, 0.1) is 5.82 Å². The predicted molar refractivity (Wildman–Crippen MR) is 114 cm³/mol. The number of benzene rings is 2. The highest BCUT2D eigenvalue weighted by Crippen LogP contribution is 2.35. The molecule has 146 valence electrons. The molecule has 2 aromatic carbocycles. The fourth-order valence-electron chi connectivity index (χ4n) is 3.54. The van der Waals surface area contributed by atoms with Crippen molar-refractivity contribution in [2.45, 2.75) is 36.7 Å². The summed E-state index contributed by atoms with van der Waals surface area (Å²) in [4.78, 5) is 6.88. The van der Waals surface area contributed by atoms with Crippen molar-refractivity contribution in [3.8, 4) is 0 Å². The van der Waals surface area contributed by atoms with Gasteiger partial charge in [0.05, 0.1) is 4.90 Å². The quantitative estimate of drug-likeness (QED) is 0.469. The van der Waals surface area contributed by atoms with Gasteiger partial charge in [-0.3, -0.25) is 4.90 Å². The highest BCUT2D eigenvalue weighted by molar-refractivity contribution is 8.00. The summed E-state index contributed by atoms with van der Waals surface area (Å²) in [5.74, 6) is -0.283. The van der Waals surface area contributed by atoms with Crippen molar-refractivity contribution >= 4 is 40.2 Å². The molecule has 1 saturated heterocycles. The second kappa shape index (κ2) is 9.22. The van der Waals surface area contributed by atoms with E-state index in [2.05, 4.69) is 43.2 Å². The number of aromatic nitrogens is 2. The van der Waals surface area contributed by atoms with Crippen LogP contribution in [0.5, 0.6) is 0 Å². The van der Waals surface area contributed by atoms with Crippen molar-refractivity contribution in [2.75, 3.05) is 11.3 Å². The molecular weight excluding hydrogens is 415 g/mol. The lowest BCUT2D eigenvalue weighted by Crippen LogP contribution is -2.33. The first kappa shape index (κ1) is 19.6. The van der Waals surface area contributed by atoms with Gasteiger partial charge in [0.15, 0.2) is 0 Å². The van der Waals surface area contributed by atoms with Gasteiger partial charge in [-0.25, -0.2) is 9.37 Å². The summed E-state index contributed by atoms with van der Waals surface area (Å²) in [6, 6.07) is 14.1. The lowest BCUT2D eigenvalue weighted by atomic mass is 9.94. The van der Waals surface area contributed by atoms with Crippen molar-refractivity contribution < 1.29 is 4.39 Å². The fraction of sp³-hybridized carbons (Fsp3) is 0.300. The third-order valence-corrected chi connectivity index (χ3v) is 6.77. The third kappa shape index (κ3) is 4.66. The number of rotatable bonds is 6. The van der Waals surface area contributed by atoms with Crippen molar-refractivity contribution in [2.24, 2.45) is 0 Å². The molecule has 0 radical (unpaired) electrons. The number of hydrogen-bond acceptors (Lipinski definition) is 6. The molecule has 0 spiro atoms. The van der Waals surface area contributed by atoms with Crippen LogP contribution < -0.4 is 4.72 Å². The van der Waals surface area contributed by atoms with Gasteiger partial charge in [0.1, 0.15) is 12.1 Å². The zero-order valence-electron chi connectivity index (χ0n) is 15.1. The molecule has 1 fully saturated rings. The molecule has 28 heavy (non-hydrogen) atoms. The molecular formula is C20H20ClFN4S2. The SMILES string of the molecule is Fc1cc(CN2CCCCC2c2ccccc2)c(Cl)cc1SNc1ncns1. The second-order valence-corrected chi connectivity index (χ2v) is 8.75. The van der Waals surface area contributed by atoms with Crippen LogP contribution in [0.3, 0.4) is 0 Å². The number of hydrogen-bond donors (Lipinski definition) is 1. The number of anilines is 1. The minimum Gasteiger partial charge on any atom is -0.300 e. The lowest BCUT2D eigenvalue weighted by Gasteiger charge is -2.36. The topological polar surface area (TPSA) is 41.0 Å². The Labute approximate surface area is 177 Å². The third-order valence-electron chi connectivity index (χ3n) is 4.88. The Morgan fingerprint density at radius 1 is 1.25 bits per heavy atom. The Bertz CT molecular complexity index is 908. The second-order valence-electron chi connectivity index (χ2n) is 6.72. The summed E-state index contributed by atoms with van der Waals surface area (Å²) in [5.41, 5.74) is 2.13. The van der Waals surface area contributed by atoms with E-state index in [0.29, 0.717) is 27.6 Å². The van der Waals surface area contributed by atoms with Crippen LogP contribution >= 0.6 is 35.1 Å². The predicted octanol–water partition coefficient (Wildman–Crippen LogP) is 6.18. The normalized spacial score (nSPS) is 17.6. The van der Waals surface area contributed by atoms with Crippen molar-refractivity contribution in [3.05, 3.63) is 70.8 Å². The Morgan fingerprint density at radius 3 is 2.89 bits per heavy atom. The smallest absolute Gasteiger partial charge is 0.212 e. The van der Waals surface area contributed by atoms with E-state index in [1.807, 2.05) is 6.07 Å². The minimum atomic E-state index is -0.283. The van der Waals surface area contributed by atoms with Crippen LogP contribution in [0.2, 0.25) is 5.02 Å². The van der Waals surface area contributed by atoms with Crippen molar-refractivity contribution in [1.82, 2.24) is 14.3 Å². The molecule has 4 nitrogen and oxygen atoms in total. The van der Waals surface area contributed by atoms with Crippen LogP contribution in [0.25, 0.3) is 0 Å². The number of likely N-dealkylation sites (tertiary alicyclic amines) is 1. The van der Waals surface area contributed by atoms with Crippen molar-refractivity contribution in [3.63, 3.8) is 0 Å². The highest BCUT2D eigenvalue weighted by atomic mass is 35.5. The Balaban J connectivity index is 1.49. The zero-order chi connectivity index (χ0) is 19.3. The average Bonchev–Trinajstić information content (AvgIpc) is 3.24. The van der Waals surface area contributed by atoms with Gasteiger partial charge in [-0.2, -0.15) is 4.37 Å². The first-order valence-corrected chi connectivity index (χ1v) is 11.1. The van der Waals surface area contributed by atoms with Gasteiger partial charge >= 0.3 is 0 Å². The summed E-state index contributed by atoms with van der Waals surface area (Å²) < 4.78 is 21.6. The molecule has 0 bridgehead atoms. The molecule has 8 heteroatoms. The van der Waals surface area contributed by atoms with E-state index in [9.17, 15) is 4.39 Å². The molecule has 1 atom stereocenters. The number of piperidine rings is 1. The van der Waals surface area contributed by atoms with Gasteiger partial charge in [-0.1, -0.05) is 48.4 Å². The summed E-state index contributed by atoms with van der Waals surface area (Å²) in [7, 11) is 0. The van der Waals surface area contributed by atoms with Crippen LogP contribution in [0.15, 0.2) is 53.7 Å². The molecule has 3 aromatic rings. The van der Waals surface area contributed by atoms with Crippen molar-refractivity contribution in [1.29, 1.82) is 0 Å². The summed E-state index contributed by atoms with van der Waals surface area (Å²) in [5, 5.41) is 1.21. The largest absolute Gasteiger partial charge is 0.300 e. The Kier molecular flexibility index (Phi) is 6.47. The van der Waals surface area contributed by atoms with E-state index in [4.69, 9.17) is 11.6 Å². The molecule has 1 unspecified atom stereocenters. The molecule has 0 saturated carbocycles. The van der Waals surface area contributed by atoms with Gasteiger partial charge in [0.2, 0.25) is 5.13 Å². The monoisotopic (exact) mass is 434 g/mol. The Hall–Kier alpha value is -1.67. The number of nitrogens with one attached hydrogen (secondary N) is 1. The zero-order valence-corrected chi connectivity index (χ0v) is 17.5. The van der Waals surface area contributed by atoms with Gasteiger partial charge in [0.25, 0.3) is 0 Å². The summed E-state index contributed by atoms with van der Waals surface area (Å²) in [6.45, 7) is 1.64. The first-order chi connectivity index (χ1) is 13.7. The fourth-order valence-corrected chi connectivity index (χ4v) is 4.97. The molecule has 1 aliphatic heterocycles. The van der Waals surface area contributed by atoms with E-state index in [1.54, 1.807) is 12.1 Å². The highest BCUT2D eigenvalue weighted by Gasteiger charge is 2.25.